The fourth-order valence-electron chi connectivity index (χ4n) is 9.24. The summed E-state index contributed by atoms with van der Waals surface area (Å²) in [4.78, 5) is 0. The summed E-state index contributed by atoms with van der Waals surface area (Å²) in [6, 6.07) is 14.1. The predicted octanol–water partition coefficient (Wildman–Crippen LogP) is 11.1. The lowest BCUT2D eigenvalue weighted by Gasteiger charge is -2.31. The largest absolute Gasteiger partial charge is 0.488 e. The van der Waals surface area contributed by atoms with E-state index >= 15 is 0 Å². The molecule has 2 aromatic rings. The van der Waals surface area contributed by atoms with Crippen molar-refractivity contribution < 1.29 is 18.9 Å². The third-order valence-electron chi connectivity index (χ3n) is 11.8. The lowest BCUT2D eigenvalue weighted by atomic mass is 9.72. The highest BCUT2D eigenvalue weighted by Gasteiger charge is 2.56. The number of rotatable bonds is 20. The van der Waals surface area contributed by atoms with Crippen molar-refractivity contribution in [2.75, 3.05) is 13.2 Å². The molecule has 2 saturated heterocycles. The van der Waals surface area contributed by atoms with Gasteiger partial charge in [-0.2, -0.15) is 0 Å². The lowest BCUT2D eigenvalue weighted by Crippen LogP contribution is -2.27. The first-order valence-electron chi connectivity index (χ1n) is 19.5. The zero-order valence-electron chi connectivity index (χ0n) is 30.6. The van der Waals surface area contributed by atoms with Crippen molar-refractivity contribution in [2.24, 2.45) is 0 Å². The van der Waals surface area contributed by atoms with Crippen LogP contribution in [0.4, 0.5) is 0 Å². The van der Waals surface area contributed by atoms with Crippen LogP contribution < -0.4 is 9.47 Å². The fourth-order valence-corrected chi connectivity index (χ4v) is 9.24. The van der Waals surface area contributed by atoms with Gasteiger partial charge in [0.15, 0.2) is 0 Å². The minimum Gasteiger partial charge on any atom is -0.488 e. The van der Waals surface area contributed by atoms with Gasteiger partial charge in [0.2, 0.25) is 0 Å². The number of hydrogen-bond acceptors (Lipinski definition) is 4. The van der Waals surface area contributed by atoms with Crippen LogP contribution in [0, 0.1) is 0 Å². The van der Waals surface area contributed by atoms with E-state index in [1.165, 1.54) is 99.3 Å². The number of benzene rings is 2. The average molecular weight is 645 g/mol. The second-order valence-electron chi connectivity index (χ2n) is 16.8. The highest BCUT2D eigenvalue weighted by molar-refractivity contribution is 5.62. The fraction of sp³-hybridized carbons (Fsp3) is 0.721. The van der Waals surface area contributed by atoms with E-state index in [1.54, 1.807) is 0 Å². The quantitative estimate of drug-likeness (QED) is 0.106. The van der Waals surface area contributed by atoms with Gasteiger partial charge in [0, 0.05) is 5.41 Å². The molecule has 4 atom stereocenters. The van der Waals surface area contributed by atoms with E-state index in [-0.39, 0.29) is 40.7 Å². The van der Waals surface area contributed by atoms with Crippen LogP contribution in [-0.4, -0.2) is 37.6 Å². The van der Waals surface area contributed by atoms with Gasteiger partial charge in [-0.3, -0.25) is 0 Å². The van der Waals surface area contributed by atoms with Gasteiger partial charge in [-0.05, 0) is 95.9 Å². The molecule has 0 bridgehead atoms. The lowest BCUT2D eigenvalue weighted by molar-refractivity contribution is 0.146. The summed E-state index contributed by atoms with van der Waals surface area (Å²) in [6.07, 6.45) is 20.8. The van der Waals surface area contributed by atoms with Gasteiger partial charge in [-0.15, -0.1) is 0 Å². The van der Waals surface area contributed by atoms with Gasteiger partial charge >= 0.3 is 0 Å². The average Bonchev–Trinajstić information content (AvgIpc) is 3.97. The molecular weight excluding hydrogens is 580 g/mol. The molecule has 4 unspecified atom stereocenters. The monoisotopic (exact) mass is 644 g/mol. The normalized spacial score (nSPS) is 25.7. The molecule has 0 aromatic heterocycles. The maximum absolute atomic E-state index is 6.82. The Labute approximate surface area is 286 Å². The van der Waals surface area contributed by atoms with Crippen LogP contribution in [0.1, 0.15) is 167 Å². The third kappa shape index (κ3) is 8.07. The van der Waals surface area contributed by atoms with E-state index in [4.69, 9.17) is 18.9 Å². The number of epoxide rings is 2. The van der Waals surface area contributed by atoms with Crippen molar-refractivity contribution in [3.05, 3.63) is 58.7 Å². The van der Waals surface area contributed by atoms with Crippen molar-refractivity contribution in [1.82, 2.24) is 0 Å². The molecule has 0 N–H and O–H groups in total. The smallest absolute Gasteiger partial charge is 0.127 e. The van der Waals surface area contributed by atoms with Crippen LogP contribution in [-0.2, 0) is 25.7 Å². The third-order valence-corrected chi connectivity index (χ3v) is 11.8. The highest BCUT2D eigenvalue weighted by atomic mass is 16.6. The molecule has 260 valence electrons. The SMILES string of the molecule is CCCCCCCCC(Oc1ccc2c(c1)C1(CC2(C)C)CC(C)(C)c2ccc(OC(CCCCCCCC)C3CO3)cc21)C1CO1. The number of fused-ring (bicyclic) bond motifs is 4. The first-order chi connectivity index (χ1) is 22.7. The summed E-state index contributed by atoms with van der Waals surface area (Å²) in [6.45, 7) is 16.0. The van der Waals surface area contributed by atoms with Crippen molar-refractivity contribution in [3.63, 3.8) is 0 Å². The van der Waals surface area contributed by atoms with Gasteiger partial charge in [0.1, 0.15) is 35.9 Å². The molecule has 0 radical (unpaired) electrons. The zero-order chi connectivity index (χ0) is 33.1. The van der Waals surface area contributed by atoms with E-state index in [1.807, 2.05) is 0 Å². The van der Waals surface area contributed by atoms with E-state index in [2.05, 4.69) is 77.9 Å². The van der Waals surface area contributed by atoms with Crippen LogP contribution in [0.3, 0.4) is 0 Å². The topological polar surface area (TPSA) is 43.5 Å². The van der Waals surface area contributed by atoms with Crippen LogP contribution >= 0.6 is 0 Å². The van der Waals surface area contributed by atoms with Gasteiger partial charge in [0.25, 0.3) is 0 Å². The Hall–Kier alpha value is -2.04. The van der Waals surface area contributed by atoms with Gasteiger partial charge in [-0.25, -0.2) is 0 Å². The van der Waals surface area contributed by atoms with Crippen molar-refractivity contribution in [1.29, 1.82) is 0 Å². The molecule has 47 heavy (non-hydrogen) atoms. The molecule has 0 saturated carbocycles. The van der Waals surface area contributed by atoms with Crippen LogP contribution in [0.15, 0.2) is 36.4 Å². The Morgan fingerprint density at radius 3 is 1.34 bits per heavy atom. The Bertz CT molecular complexity index is 1220. The van der Waals surface area contributed by atoms with E-state index in [9.17, 15) is 0 Å². The summed E-state index contributed by atoms with van der Waals surface area (Å²) >= 11 is 0. The van der Waals surface area contributed by atoms with E-state index in [0.717, 1.165) is 50.4 Å². The maximum atomic E-state index is 6.82. The number of hydrogen-bond donors (Lipinski definition) is 0. The van der Waals surface area contributed by atoms with Crippen molar-refractivity contribution >= 4 is 0 Å². The Morgan fingerprint density at radius 1 is 0.574 bits per heavy atom. The Balaban J connectivity index is 1.22. The minimum absolute atomic E-state index is 0.0495. The summed E-state index contributed by atoms with van der Waals surface area (Å²) < 4.78 is 25.2. The molecule has 4 heteroatoms. The van der Waals surface area contributed by atoms with Crippen LogP contribution in [0.5, 0.6) is 11.5 Å². The molecule has 1 spiro atoms. The molecule has 2 fully saturated rings. The standard InChI is InChI=1S/C43H64O4/c1-7-9-11-13-15-17-19-37(39-27-44-39)46-31-21-23-33-35(25-31)43(29-41(33,3)4)30-42(5,6)34-24-22-32(26-36(34)43)47-38(40-28-45-40)20-18-16-14-12-10-8-2/h21-26,37-40H,7-20,27-30H2,1-6H3. The Kier molecular flexibility index (Phi) is 11.0. The first-order valence-corrected chi connectivity index (χ1v) is 19.5. The second kappa shape index (κ2) is 14.8. The molecule has 2 aliphatic carbocycles. The van der Waals surface area contributed by atoms with Crippen molar-refractivity contribution in [3.8, 4) is 11.5 Å². The summed E-state index contributed by atoms with van der Waals surface area (Å²) in [5, 5.41) is 0. The minimum atomic E-state index is -0.0495. The van der Waals surface area contributed by atoms with Crippen LogP contribution in [0.2, 0.25) is 0 Å². The summed E-state index contributed by atoms with van der Waals surface area (Å²) in [5.41, 5.74) is 6.00. The predicted molar refractivity (Wildman–Crippen MR) is 193 cm³/mol. The van der Waals surface area contributed by atoms with Gasteiger partial charge in [0.05, 0.1) is 13.2 Å². The Morgan fingerprint density at radius 2 is 0.957 bits per heavy atom. The van der Waals surface area contributed by atoms with Gasteiger partial charge in [-0.1, -0.05) is 118 Å². The van der Waals surface area contributed by atoms with Crippen LogP contribution in [0.25, 0.3) is 0 Å². The van der Waals surface area contributed by atoms with E-state index in [0.29, 0.717) is 0 Å². The number of unbranched alkanes of at least 4 members (excludes halogenated alkanes) is 10. The summed E-state index contributed by atoms with van der Waals surface area (Å²) in [5.74, 6) is 2.02. The molecule has 2 aliphatic heterocycles. The van der Waals surface area contributed by atoms with E-state index < -0.39 is 0 Å². The number of ether oxygens (including phenoxy) is 4. The van der Waals surface area contributed by atoms with Gasteiger partial charge < -0.3 is 18.9 Å². The van der Waals surface area contributed by atoms with Crippen molar-refractivity contribution in [2.45, 2.75) is 185 Å². The molecule has 2 aromatic carbocycles. The molecule has 2 heterocycles. The first kappa shape index (κ1) is 34.8. The molecule has 0 amide bonds. The maximum Gasteiger partial charge on any atom is 0.127 e. The summed E-state index contributed by atoms with van der Waals surface area (Å²) in [7, 11) is 0. The molecule has 4 aliphatic rings. The highest BCUT2D eigenvalue weighted by Crippen LogP contribution is 2.63. The zero-order valence-corrected chi connectivity index (χ0v) is 30.6. The molecule has 4 nitrogen and oxygen atoms in total. The molecular formula is C43H64O4. The molecule has 6 rings (SSSR count). The second-order valence-corrected chi connectivity index (χ2v) is 16.8.